The van der Waals surface area contributed by atoms with Crippen LogP contribution in [0.25, 0.3) is 0 Å². The lowest BCUT2D eigenvalue weighted by Crippen LogP contribution is -2.47. The van der Waals surface area contributed by atoms with Gasteiger partial charge in [-0.2, -0.15) is 0 Å². The van der Waals surface area contributed by atoms with E-state index in [4.69, 9.17) is 16.3 Å². The maximum absolute atomic E-state index is 12.9. The van der Waals surface area contributed by atoms with Crippen molar-refractivity contribution in [1.82, 2.24) is 15.3 Å². The van der Waals surface area contributed by atoms with Crippen LogP contribution in [0.2, 0.25) is 5.02 Å². The fourth-order valence-corrected chi connectivity index (χ4v) is 4.82. The van der Waals surface area contributed by atoms with Crippen molar-refractivity contribution < 1.29 is 19.4 Å². The fraction of sp³-hybridized carbons (Fsp3) is 0.520. The van der Waals surface area contributed by atoms with E-state index in [1.54, 1.807) is 0 Å². The van der Waals surface area contributed by atoms with Crippen molar-refractivity contribution in [2.45, 2.75) is 62.8 Å². The first-order valence-corrected chi connectivity index (χ1v) is 12.5. The molecule has 4 rings (SSSR count). The van der Waals surface area contributed by atoms with E-state index in [9.17, 15) is 19.5 Å². The van der Waals surface area contributed by atoms with E-state index in [0.29, 0.717) is 19.4 Å². The van der Waals surface area contributed by atoms with Crippen molar-refractivity contribution in [3.63, 3.8) is 0 Å². The second-order valence-electron chi connectivity index (χ2n) is 9.17. The summed E-state index contributed by atoms with van der Waals surface area (Å²) in [7, 11) is 0. The summed E-state index contributed by atoms with van der Waals surface area (Å²) >= 11 is 6.17. The molecular weight excluding hydrogens is 472 g/mol. The molecule has 0 spiro atoms. The number of hydrogen-bond acceptors (Lipinski definition) is 6. The number of nitrogens with zero attached hydrogens (tertiary/aromatic N) is 1. The third kappa shape index (κ3) is 6.02. The highest BCUT2D eigenvalue weighted by molar-refractivity contribution is 6.31. The number of hydrogen-bond donors (Lipinski definition) is 4. The number of aromatic nitrogens is 2. The van der Waals surface area contributed by atoms with E-state index in [2.05, 4.69) is 32.7 Å². The quantitative estimate of drug-likeness (QED) is 0.328. The first-order chi connectivity index (χ1) is 16.9. The Hall–Kier alpha value is -2.91. The van der Waals surface area contributed by atoms with Crippen LogP contribution in [0.3, 0.4) is 0 Å². The highest BCUT2D eigenvalue weighted by atomic mass is 35.5. The number of carboxylic acids is 1. The van der Waals surface area contributed by atoms with Gasteiger partial charge in [-0.1, -0.05) is 17.7 Å². The molecule has 1 aliphatic heterocycles. The van der Waals surface area contributed by atoms with Crippen molar-refractivity contribution in [2.75, 3.05) is 25.1 Å². The molecule has 1 saturated carbocycles. The molecule has 4 N–H and O–H groups in total. The summed E-state index contributed by atoms with van der Waals surface area (Å²) in [6.07, 6.45) is 7.26. The molecule has 1 aliphatic carbocycles. The first kappa shape index (κ1) is 25.2. The van der Waals surface area contributed by atoms with Gasteiger partial charge >= 0.3 is 5.97 Å². The number of carboxylic acid groups (broad SMARTS) is 1. The Morgan fingerprint density at radius 1 is 1.23 bits per heavy atom. The number of halogens is 1. The van der Waals surface area contributed by atoms with Crippen molar-refractivity contribution in [3.8, 4) is 0 Å². The molecule has 0 bridgehead atoms. The molecule has 3 heterocycles. The molecule has 1 atom stereocenters. The lowest BCUT2D eigenvalue weighted by Gasteiger charge is -2.20. The molecule has 1 unspecified atom stereocenters. The van der Waals surface area contributed by atoms with Crippen LogP contribution in [0.15, 0.2) is 29.2 Å². The van der Waals surface area contributed by atoms with Crippen LogP contribution in [-0.2, 0) is 32.6 Å². The minimum absolute atomic E-state index is 0.133. The number of unbranched alkanes of at least 4 members (excludes halogenated alkanes) is 1. The highest BCUT2D eigenvalue weighted by Gasteiger charge is 2.54. The van der Waals surface area contributed by atoms with E-state index < -0.39 is 28.9 Å². The van der Waals surface area contributed by atoms with E-state index in [-0.39, 0.29) is 23.6 Å². The van der Waals surface area contributed by atoms with Gasteiger partial charge in [-0.3, -0.25) is 9.59 Å². The molecule has 1 fully saturated rings. The van der Waals surface area contributed by atoms with Crippen LogP contribution < -0.4 is 16.2 Å². The Bertz CT molecular complexity index is 1130. The van der Waals surface area contributed by atoms with Gasteiger partial charge in [-0.05, 0) is 62.6 Å². The molecule has 0 radical (unpaired) electrons. The maximum atomic E-state index is 12.9. The molecule has 0 aromatic carbocycles. The van der Waals surface area contributed by atoms with Gasteiger partial charge in [0.05, 0.1) is 16.0 Å². The zero-order valence-corrected chi connectivity index (χ0v) is 20.3. The predicted molar refractivity (Wildman–Crippen MR) is 132 cm³/mol. The monoisotopic (exact) mass is 502 g/mol. The van der Waals surface area contributed by atoms with E-state index >= 15 is 0 Å². The number of rotatable bonds is 12. The maximum Gasteiger partial charge on any atom is 0.326 e. The topological polar surface area (TPSA) is 133 Å². The summed E-state index contributed by atoms with van der Waals surface area (Å²) in [4.78, 5) is 44.1. The highest BCUT2D eigenvalue weighted by Crippen LogP contribution is 2.49. The van der Waals surface area contributed by atoms with Crippen LogP contribution in [0.1, 0.15) is 55.3 Å². The molecule has 1 amide bonds. The summed E-state index contributed by atoms with van der Waals surface area (Å²) in [6.45, 7) is 1.68. The standard InChI is InChI=1S/C25H31ClN4O5/c26-18-8-13-28-22(31)20(18)25(10-11-25)24(34)30-19(23(32)33)9-15-35-14-2-1-5-17-7-6-16-4-3-12-27-21(16)29-17/h6-8,13,19H,1-5,9-12,14-15H2,(H,27,29)(H,28,31)(H,30,34)(H,32,33). The number of aromatic amines is 1. The molecule has 188 valence electrons. The summed E-state index contributed by atoms with van der Waals surface area (Å²) in [6, 6.07) is 4.64. The number of carbonyl (C=O) groups is 2. The molecule has 9 nitrogen and oxygen atoms in total. The number of aliphatic carboxylic acids is 1. The number of H-pyrrole nitrogens is 1. The minimum Gasteiger partial charge on any atom is -0.480 e. The number of aryl methyl sites for hydroxylation is 2. The van der Waals surface area contributed by atoms with Crippen molar-refractivity contribution in [3.05, 3.63) is 56.6 Å². The summed E-state index contributed by atoms with van der Waals surface area (Å²) in [5.41, 5.74) is 1.03. The average Bonchev–Trinajstić information content (AvgIpc) is 3.64. The number of carbonyl (C=O) groups excluding carboxylic acids is 1. The van der Waals surface area contributed by atoms with Gasteiger partial charge < -0.3 is 25.5 Å². The Kier molecular flexibility index (Phi) is 8.07. The lowest BCUT2D eigenvalue weighted by molar-refractivity contribution is -0.142. The smallest absolute Gasteiger partial charge is 0.326 e. The molecule has 2 aliphatic rings. The Morgan fingerprint density at radius 3 is 2.80 bits per heavy atom. The van der Waals surface area contributed by atoms with Gasteiger partial charge in [0.25, 0.3) is 5.56 Å². The molecule has 2 aromatic rings. The van der Waals surface area contributed by atoms with Crippen molar-refractivity contribution in [1.29, 1.82) is 0 Å². The second kappa shape index (κ2) is 11.2. The van der Waals surface area contributed by atoms with Crippen molar-refractivity contribution in [2.24, 2.45) is 0 Å². The number of nitrogens with one attached hydrogen (secondary N) is 3. The summed E-state index contributed by atoms with van der Waals surface area (Å²) in [5.74, 6) is -0.632. The average molecular weight is 503 g/mol. The van der Waals surface area contributed by atoms with Gasteiger partial charge in [0.2, 0.25) is 5.91 Å². The van der Waals surface area contributed by atoms with Gasteiger partial charge in [0, 0.05) is 38.1 Å². The number of fused-ring (bicyclic) bond motifs is 1. The number of pyridine rings is 2. The SMILES string of the molecule is O=C(O)C(CCOCCCCc1ccc2c(n1)NCCC2)NC(=O)C1(c2c(Cl)cc[nH]c2=O)CC1. The third-order valence-electron chi connectivity index (χ3n) is 6.65. The van der Waals surface area contributed by atoms with Gasteiger partial charge in [0.15, 0.2) is 0 Å². The third-order valence-corrected chi connectivity index (χ3v) is 6.97. The van der Waals surface area contributed by atoms with Crippen LogP contribution in [0.4, 0.5) is 5.82 Å². The van der Waals surface area contributed by atoms with Crippen LogP contribution in [0.5, 0.6) is 0 Å². The molecular formula is C25H31ClN4O5. The van der Waals surface area contributed by atoms with E-state index in [1.165, 1.54) is 17.8 Å². The Balaban J connectivity index is 1.19. The number of ether oxygens (including phenoxy) is 1. The molecule has 35 heavy (non-hydrogen) atoms. The minimum atomic E-state index is -1.14. The largest absolute Gasteiger partial charge is 0.480 e. The van der Waals surface area contributed by atoms with E-state index in [1.807, 2.05) is 0 Å². The molecule has 2 aromatic heterocycles. The van der Waals surface area contributed by atoms with Gasteiger partial charge in [0.1, 0.15) is 11.9 Å². The Morgan fingerprint density at radius 2 is 2.06 bits per heavy atom. The zero-order chi connectivity index (χ0) is 24.8. The van der Waals surface area contributed by atoms with Gasteiger partial charge in [-0.15, -0.1) is 0 Å². The van der Waals surface area contributed by atoms with Crippen LogP contribution in [-0.4, -0.2) is 52.8 Å². The first-order valence-electron chi connectivity index (χ1n) is 12.1. The fourth-order valence-electron chi connectivity index (χ4n) is 4.49. The number of amides is 1. The summed E-state index contributed by atoms with van der Waals surface area (Å²) < 4.78 is 5.62. The van der Waals surface area contributed by atoms with Crippen LogP contribution >= 0.6 is 11.6 Å². The van der Waals surface area contributed by atoms with Crippen LogP contribution in [0, 0.1) is 0 Å². The van der Waals surface area contributed by atoms with Crippen molar-refractivity contribution >= 4 is 29.3 Å². The zero-order valence-electron chi connectivity index (χ0n) is 19.6. The predicted octanol–water partition coefficient (Wildman–Crippen LogP) is 2.81. The molecule has 10 heteroatoms. The number of anilines is 1. The Labute approximate surface area is 208 Å². The second-order valence-corrected chi connectivity index (χ2v) is 9.58. The normalized spacial score (nSPS) is 16.6. The van der Waals surface area contributed by atoms with E-state index in [0.717, 1.165) is 50.2 Å². The molecule has 0 saturated heterocycles. The summed E-state index contributed by atoms with van der Waals surface area (Å²) in [5, 5.41) is 15.7. The van der Waals surface area contributed by atoms with Gasteiger partial charge in [-0.25, -0.2) is 9.78 Å². The lowest BCUT2D eigenvalue weighted by atomic mass is 9.95.